The predicted molar refractivity (Wildman–Crippen MR) is 126 cm³/mol. The Morgan fingerprint density at radius 1 is 1.12 bits per heavy atom. The van der Waals surface area contributed by atoms with Crippen molar-refractivity contribution in [2.24, 2.45) is 0 Å². The summed E-state index contributed by atoms with van der Waals surface area (Å²) in [5.74, 6) is 2.11. The number of ether oxygens (including phenoxy) is 1. The summed E-state index contributed by atoms with van der Waals surface area (Å²) < 4.78 is 5.94. The Labute approximate surface area is 194 Å². The molecule has 172 valence electrons. The highest BCUT2D eigenvalue weighted by atomic mass is 35.5. The second-order valence-electron chi connectivity index (χ2n) is 8.87. The van der Waals surface area contributed by atoms with Gasteiger partial charge in [-0.15, -0.1) is 12.4 Å². The Balaban J connectivity index is 0.00000245. The molecule has 0 aromatic carbocycles. The van der Waals surface area contributed by atoms with E-state index in [0.29, 0.717) is 23.3 Å². The fourth-order valence-corrected chi connectivity index (χ4v) is 4.56. The molecule has 0 unspecified atom stereocenters. The molecule has 2 N–H and O–H groups in total. The van der Waals surface area contributed by atoms with Gasteiger partial charge in [0.15, 0.2) is 17.2 Å². The van der Waals surface area contributed by atoms with E-state index in [2.05, 4.69) is 36.6 Å². The maximum absolute atomic E-state index is 13.2. The van der Waals surface area contributed by atoms with Crippen LogP contribution in [0.25, 0.3) is 0 Å². The van der Waals surface area contributed by atoms with Crippen molar-refractivity contribution in [3.05, 3.63) is 24.5 Å². The zero-order valence-corrected chi connectivity index (χ0v) is 19.3. The summed E-state index contributed by atoms with van der Waals surface area (Å²) in [6.45, 7) is 7.52. The summed E-state index contributed by atoms with van der Waals surface area (Å²) in [5.41, 5.74) is 0.182. The largest absolute Gasteiger partial charge is 0.472 e. The molecule has 1 amide bonds. The molecule has 4 heterocycles. The number of aromatic nitrogens is 3. The molecule has 32 heavy (non-hydrogen) atoms. The second-order valence-corrected chi connectivity index (χ2v) is 8.87. The van der Waals surface area contributed by atoms with Crippen molar-refractivity contribution in [3.8, 4) is 5.75 Å². The zero-order chi connectivity index (χ0) is 21.4. The van der Waals surface area contributed by atoms with E-state index in [0.717, 1.165) is 57.5 Å². The number of hydrogen-bond donors (Lipinski definition) is 2. The van der Waals surface area contributed by atoms with E-state index < -0.39 is 5.60 Å². The Morgan fingerprint density at radius 3 is 2.56 bits per heavy atom. The van der Waals surface area contributed by atoms with Gasteiger partial charge in [-0.3, -0.25) is 9.69 Å². The normalized spacial score (nSPS) is 20.4. The number of piperazine rings is 1. The minimum atomic E-state index is -0.921. The van der Waals surface area contributed by atoms with Crippen LogP contribution < -0.4 is 25.2 Å². The van der Waals surface area contributed by atoms with E-state index in [-0.39, 0.29) is 24.4 Å². The van der Waals surface area contributed by atoms with Gasteiger partial charge in [0, 0.05) is 32.2 Å². The minimum absolute atomic E-state index is 0. The third-order valence-corrected chi connectivity index (χ3v) is 6.22. The number of amides is 1. The van der Waals surface area contributed by atoms with Crippen molar-refractivity contribution in [1.82, 2.24) is 20.3 Å². The molecule has 0 bridgehead atoms. The van der Waals surface area contributed by atoms with Crippen LogP contribution in [0.4, 0.5) is 23.3 Å². The molecule has 5 rings (SSSR count). The van der Waals surface area contributed by atoms with Crippen molar-refractivity contribution >= 4 is 41.6 Å². The molecular weight excluding hydrogens is 430 g/mol. The van der Waals surface area contributed by atoms with Gasteiger partial charge in [-0.2, -0.15) is 4.98 Å². The average molecular weight is 460 g/mol. The molecule has 2 aliphatic heterocycles. The smallest absolute Gasteiger partial charge is 0.272 e. The SMILES string of the molecule is CC1(C)Oc2cnc(Nc3ccc(N4CCNCC4)cn3)nc2N(C2CCCC2)C1=O.Cl. The van der Waals surface area contributed by atoms with Crippen molar-refractivity contribution in [2.45, 2.75) is 51.2 Å². The summed E-state index contributed by atoms with van der Waals surface area (Å²) in [6.07, 6.45) is 7.75. The van der Waals surface area contributed by atoms with Gasteiger partial charge < -0.3 is 20.3 Å². The molecule has 1 aliphatic carbocycles. The van der Waals surface area contributed by atoms with Crippen LogP contribution in [0.15, 0.2) is 24.5 Å². The predicted octanol–water partition coefficient (Wildman–Crippen LogP) is 2.89. The summed E-state index contributed by atoms with van der Waals surface area (Å²) in [5, 5.41) is 6.53. The van der Waals surface area contributed by atoms with Crippen molar-refractivity contribution in [3.63, 3.8) is 0 Å². The lowest BCUT2D eigenvalue weighted by Crippen LogP contribution is -2.55. The van der Waals surface area contributed by atoms with E-state index in [1.165, 1.54) is 0 Å². The van der Waals surface area contributed by atoms with E-state index in [4.69, 9.17) is 4.74 Å². The molecule has 9 nitrogen and oxygen atoms in total. The molecule has 0 radical (unpaired) electrons. The Kier molecular flexibility index (Phi) is 6.39. The molecule has 0 atom stereocenters. The molecule has 1 saturated carbocycles. The first kappa shape index (κ1) is 22.5. The minimum Gasteiger partial charge on any atom is -0.472 e. The monoisotopic (exact) mass is 459 g/mol. The number of nitrogens with one attached hydrogen (secondary N) is 2. The first-order chi connectivity index (χ1) is 15.0. The maximum Gasteiger partial charge on any atom is 0.272 e. The molecular formula is C22H30ClN7O2. The number of halogens is 1. The topological polar surface area (TPSA) is 95.5 Å². The molecule has 2 aromatic rings. The molecule has 2 fully saturated rings. The van der Waals surface area contributed by atoms with Gasteiger partial charge in [-0.25, -0.2) is 9.97 Å². The molecule has 10 heteroatoms. The third kappa shape index (κ3) is 4.31. The summed E-state index contributed by atoms with van der Waals surface area (Å²) >= 11 is 0. The van der Waals surface area contributed by atoms with Crippen LogP contribution >= 0.6 is 12.4 Å². The van der Waals surface area contributed by atoms with Crippen molar-refractivity contribution < 1.29 is 9.53 Å². The number of fused-ring (bicyclic) bond motifs is 1. The summed E-state index contributed by atoms with van der Waals surface area (Å²) in [4.78, 5) is 30.9. The van der Waals surface area contributed by atoms with E-state index in [1.54, 1.807) is 20.0 Å². The second kappa shape index (κ2) is 9.07. The van der Waals surface area contributed by atoms with Gasteiger partial charge >= 0.3 is 0 Å². The number of anilines is 4. The Hall–Kier alpha value is -2.65. The van der Waals surface area contributed by atoms with Gasteiger partial charge in [0.1, 0.15) is 5.82 Å². The quantitative estimate of drug-likeness (QED) is 0.720. The number of rotatable bonds is 4. The van der Waals surface area contributed by atoms with E-state index in [1.807, 2.05) is 17.2 Å². The van der Waals surface area contributed by atoms with Gasteiger partial charge in [-0.05, 0) is 38.8 Å². The Morgan fingerprint density at radius 2 is 1.88 bits per heavy atom. The van der Waals surface area contributed by atoms with Crippen LogP contribution in [0.2, 0.25) is 0 Å². The van der Waals surface area contributed by atoms with Crippen LogP contribution in [-0.2, 0) is 4.79 Å². The molecule has 1 saturated heterocycles. The van der Waals surface area contributed by atoms with E-state index >= 15 is 0 Å². The average Bonchev–Trinajstić information content (AvgIpc) is 3.30. The molecule has 3 aliphatic rings. The highest BCUT2D eigenvalue weighted by Gasteiger charge is 2.45. The lowest BCUT2D eigenvalue weighted by atomic mass is 10.0. The highest BCUT2D eigenvalue weighted by molar-refractivity contribution is 6.02. The number of pyridine rings is 1. The number of hydrogen-bond acceptors (Lipinski definition) is 8. The summed E-state index contributed by atoms with van der Waals surface area (Å²) in [7, 11) is 0. The molecule has 0 spiro atoms. The first-order valence-electron chi connectivity index (χ1n) is 11.1. The number of carbonyl (C=O) groups excluding carboxylic acids is 1. The van der Waals surface area contributed by atoms with Crippen LogP contribution in [-0.4, -0.2) is 58.7 Å². The van der Waals surface area contributed by atoms with Gasteiger partial charge in [-0.1, -0.05) is 12.8 Å². The van der Waals surface area contributed by atoms with Crippen molar-refractivity contribution in [1.29, 1.82) is 0 Å². The van der Waals surface area contributed by atoms with Crippen LogP contribution in [0.1, 0.15) is 39.5 Å². The van der Waals surface area contributed by atoms with Crippen LogP contribution in [0.3, 0.4) is 0 Å². The molecule has 2 aromatic heterocycles. The van der Waals surface area contributed by atoms with Crippen LogP contribution in [0.5, 0.6) is 5.75 Å². The van der Waals surface area contributed by atoms with Gasteiger partial charge in [0.25, 0.3) is 5.91 Å². The highest BCUT2D eigenvalue weighted by Crippen LogP contribution is 2.40. The van der Waals surface area contributed by atoms with E-state index in [9.17, 15) is 4.79 Å². The third-order valence-electron chi connectivity index (χ3n) is 6.22. The number of carbonyl (C=O) groups is 1. The Bertz CT molecular complexity index is 957. The fourth-order valence-electron chi connectivity index (χ4n) is 4.56. The van der Waals surface area contributed by atoms with Gasteiger partial charge in [0.05, 0.1) is 18.1 Å². The number of nitrogens with zero attached hydrogens (tertiary/aromatic N) is 5. The van der Waals surface area contributed by atoms with Crippen molar-refractivity contribution in [2.75, 3.05) is 41.3 Å². The zero-order valence-electron chi connectivity index (χ0n) is 18.5. The van der Waals surface area contributed by atoms with Crippen LogP contribution in [0, 0.1) is 0 Å². The van der Waals surface area contributed by atoms with Gasteiger partial charge in [0.2, 0.25) is 5.95 Å². The first-order valence-corrected chi connectivity index (χ1v) is 11.1. The fraction of sp³-hybridized carbons (Fsp3) is 0.545. The standard InChI is InChI=1S/C22H29N7O2.ClH/c1-22(2)20(30)29(15-5-3-4-6-15)19-17(31-22)14-25-21(27-19)26-18-8-7-16(13-24-18)28-11-9-23-10-12-28;/h7-8,13-15,23H,3-6,9-12H2,1-2H3,(H,24,25,26,27);1H. The maximum atomic E-state index is 13.2. The lowest BCUT2D eigenvalue weighted by Gasteiger charge is -2.40. The lowest BCUT2D eigenvalue weighted by molar-refractivity contribution is -0.133. The summed E-state index contributed by atoms with van der Waals surface area (Å²) in [6, 6.07) is 4.15.